The van der Waals surface area contributed by atoms with Crippen LogP contribution in [0.5, 0.6) is 5.75 Å². The summed E-state index contributed by atoms with van der Waals surface area (Å²) in [5, 5.41) is 9.75. The van der Waals surface area contributed by atoms with Crippen LogP contribution in [0.4, 0.5) is 4.39 Å². The Hall–Kier alpha value is -2.62. The standard InChI is InChI=1S/C29H34ClFN2O5S/c1-38-25-14-20(6-9-26(25)39-13-12-33-27(34)10-11-28(33)35)18-32(17-19-4-2-3-5-19)24(16-29(36)37)21-7-8-22(30)23(31)15-21/h6-9,14-15,19,24H,2-5,10-13,16-18H2,1H3,(H,36,37). The predicted molar refractivity (Wildman–Crippen MR) is 148 cm³/mol. The summed E-state index contributed by atoms with van der Waals surface area (Å²) in [6, 6.07) is 9.88. The van der Waals surface area contributed by atoms with Crippen molar-refractivity contribution in [3.05, 3.63) is 58.4 Å². The molecule has 0 bridgehead atoms. The maximum Gasteiger partial charge on any atom is 0.305 e. The summed E-state index contributed by atoms with van der Waals surface area (Å²) in [7, 11) is 1.59. The van der Waals surface area contributed by atoms with Gasteiger partial charge in [-0.15, -0.1) is 11.8 Å². The van der Waals surface area contributed by atoms with Crippen molar-refractivity contribution in [3.63, 3.8) is 0 Å². The molecule has 4 rings (SSSR count). The average molecular weight is 577 g/mol. The van der Waals surface area contributed by atoms with E-state index in [-0.39, 0.29) is 36.1 Å². The van der Waals surface area contributed by atoms with Gasteiger partial charge in [0.05, 0.1) is 18.6 Å². The van der Waals surface area contributed by atoms with Gasteiger partial charge in [-0.2, -0.15) is 0 Å². The van der Waals surface area contributed by atoms with Gasteiger partial charge < -0.3 is 9.84 Å². The summed E-state index contributed by atoms with van der Waals surface area (Å²) in [6.07, 6.45) is 4.90. The van der Waals surface area contributed by atoms with E-state index < -0.39 is 17.8 Å². The van der Waals surface area contributed by atoms with Crippen molar-refractivity contribution in [2.45, 2.75) is 62.4 Å². The molecule has 1 aliphatic heterocycles. The Morgan fingerprint density at radius 3 is 2.54 bits per heavy atom. The van der Waals surface area contributed by atoms with E-state index >= 15 is 0 Å². The number of imide groups is 1. The molecule has 1 unspecified atom stereocenters. The van der Waals surface area contributed by atoms with Crippen LogP contribution >= 0.6 is 23.4 Å². The number of thioether (sulfide) groups is 1. The van der Waals surface area contributed by atoms with Gasteiger partial charge in [-0.3, -0.25) is 24.2 Å². The second-order valence-corrected chi connectivity index (χ2v) is 11.7. The number of benzene rings is 2. The smallest absolute Gasteiger partial charge is 0.305 e. The lowest BCUT2D eigenvalue weighted by atomic mass is 9.98. The number of carbonyl (C=O) groups excluding carboxylic acids is 2. The topological polar surface area (TPSA) is 87.2 Å². The zero-order chi connectivity index (χ0) is 27.9. The summed E-state index contributed by atoms with van der Waals surface area (Å²) in [5.41, 5.74) is 1.53. The van der Waals surface area contributed by atoms with Crippen LogP contribution in [-0.2, 0) is 20.9 Å². The molecule has 10 heteroatoms. The Balaban J connectivity index is 1.53. The first-order chi connectivity index (χ1) is 18.7. The largest absolute Gasteiger partial charge is 0.496 e. The van der Waals surface area contributed by atoms with Crippen LogP contribution in [-0.4, -0.2) is 58.6 Å². The van der Waals surface area contributed by atoms with Crippen LogP contribution in [0.2, 0.25) is 5.02 Å². The lowest BCUT2D eigenvalue weighted by Gasteiger charge is -2.33. The van der Waals surface area contributed by atoms with Gasteiger partial charge in [-0.1, -0.05) is 36.6 Å². The summed E-state index contributed by atoms with van der Waals surface area (Å²) < 4.78 is 20.1. The molecule has 0 spiro atoms. The summed E-state index contributed by atoms with van der Waals surface area (Å²) in [6.45, 7) is 1.53. The highest BCUT2D eigenvalue weighted by Gasteiger charge is 2.29. The number of amides is 2. The molecule has 7 nitrogen and oxygen atoms in total. The van der Waals surface area contributed by atoms with Crippen molar-refractivity contribution in [2.75, 3.05) is 26.0 Å². The normalized spacial score (nSPS) is 16.9. The van der Waals surface area contributed by atoms with Gasteiger partial charge >= 0.3 is 5.97 Å². The molecule has 210 valence electrons. The first-order valence-electron chi connectivity index (χ1n) is 13.3. The number of nitrogens with zero attached hydrogens (tertiary/aromatic N) is 2. The highest BCUT2D eigenvalue weighted by Crippen LogP contribution is 2.35. The van der Waals surface area contributed by atoms with E-state index in [4.69, 9.17) is 16.3 Å². The number of carbonyl (C=O) groups is 3. The van der Waals surface area contributed by atoms with Crippen LogP contribution in [0.15, 0.2) is 41.3 Å². The first kappa shape index (κ1) is 29.4. The summed E-state index contributed by atoms with van der Waals surface area (Å²) in [4.78, 5) is 40.0. The molecule has 1 atom stereocenters. The molecule has 2 fully saturated rings. The molecule has 1 aliphatic carbocycles. The molecule has 2 amide bonds. The van der Waals surface area contributed by atoms with Gasteiger partial charge in [0.1, 0.15) is 11.6 Å². The van der Waals surface area contributed by atoms with E-state index in [0.717, 1.165) is 36.1 Å². The lowest BCUT2D eigenvalue weighted by Crippen LogP contribution is -2.34. The molecule has 1 N–H and O–H groups in total. The van der Waals surface area contributed by atoms with E-state index in [2.05, 4.69) is 4.90 Å². The fourth-order valence-corrected chi connectivity index (χ4v) is 6.51. The van der Waals surface area contributed by atoms with Crippen molar-refractivity contribution >= 4 is 41.1 Å². The van der Waals surface area contributed by atoms with Crippen molar-refractivity contribution in [1.29, 1.82) is 0 Å². The monoisotopic (exact) mass is 576 g/mol. The SMILES string of the molecule is COc1cc(CN(CC2CCCC2)C(CC(=O)O)c2ccc(Cl)c(F)c2)ccc1SCCN1C(=O)CCC1=O. The van der Waals surface area contributed by atoms with Gasteiger partial charge in [0, 0.05) is 49.2 Å². The number of ether oxygens (including phenoxy) is 1. The van der Waals surface area contributed by atoms with Crippen molar-refractivity contribution in [2.24, 2.45) is 5.92 Å². The Morgan fingerprint density at radius 1 is 1.18 bits per heavy atom. The first-order valence-corrected chi connectivity index (χ1v) is 14.6. The van der Waals surface area contributed by atoms with Crippen LogP contribution in [0.3, 0.4) is 0 Å². The fourth-order valence-electron chi connectivity index (χ4n) is 5.45. The van der Waals surface area contributed by atoms with Gasteiger partial charge in [0.15, 0.2) is 0 Å². The zero-order valence-electron chi connectivity index (χ0n) is 22.0. The lowest BCUT2D eigenvalue weighted by molar-refractivity contribution is -0.139. The molecule has 2 aromatic rings. The van der Waals surface area contributed by atoms with Gasteiger partial charge in [-0.25, -0.2) is 4.39 Å². The van der Waals surface area contributed by atoms with E-state index in [0.29, 0.717) is 42.6 Å². The van der Waals surface area contributed by atoms with Crippen LogP contribution < -0.4 is 4.74 Å². The van der Waals surface area contributed by atoms with Crippen LogP contribution in [0.25, 0.3) is 0 Å². The highest BCUT2D eigenvalue weighted by atomic mass is 35.5. The van der Waals surface area contributed by atoms with E-state index in [1.165, 1.54) is 28.8 Å². The van der Waals surface area contributed by atoms with Crippen LogP contribution in [0, 0.1) is 11.7 Å². The zero-order valence-corrected chi connectivity index (χ0v) is 23.6. The second kappa shape index (κ2) is 13.6. The van der Waals surface area contributed by atoms with Crippen LogP contribution in [0.1, 0.15) is 62.1 Å². The number of carboxylic acids is 1. The molecule has 1 saturated carbocycles. The molecular formula is C29H34ClFN2O5S. The number of likely N-dealkylation sites (tertiary alicyclic amines) is 1. The molecule has 2 aromatic carbocycles. The highest BCUT2D eigenvalue weighted by molar-refractivity contribution is 7.99. The van der Waals surface area contributed by atoms with Crippen molar-refractivity contribution in [1.82, 2.24) is 9.80 Å². The molecule has 0 radical (unpaired) electrons. The van der Waals surface area contributed by atoms with E-state index in [9.17, 15) is 23.9 Å². The number of rotatable bonds is 13. The Kier molecular flexibility index (Phi) is 10.3. The number of aliphatic carboxylic acids is 1. The number of carboxylic acid groups (broad SMARTS) is 1. The average Bonchev–Trinajstić information content (AvgIpc) is 3.54. The van der Waals surface area contributed by atoms with Crippen molar-refractivity contribution in [3.8, 4) is 5.75 Å². The maximum absolute atomic E-state index is 14.4. The van der Waals surface area contributed by atoms with Gasteiger partial charge in [0.25, 0.3) is 0 Å². The maximum atomic E-state index is 14.4. The van der Waals surface area contributed by atoms with Gasteiger partial charge in [0.2, 0.25) is 11.8 Å². The third kappa shape index (κ3) is 7.74. The predicted octanol–water partition coefficient (Wildman–Crippen LogP) is 5.94. The third-order valence-corrected chi connectivity index (χ3v) is 8.79. The summed E-state index contributed by atoms with van der Waals surface area (Å²) >= 11 is 7.43. The number of methoxy groups -OCH3 is 1. The van der Waals surface area contributed by atoms with E-state index in [1.54, 1.807) is 13.2 Å². The number of hydrogen-bond acceptors (Lipinski definition) is 6. The Morgan fingerprint density at radius 2 is 1.90 bits per heavy atom. The van der Waals surface area contributed by atoms with Gasteiger partial charge in [-0.05, 0) is 54.2 Å². The second-order valence-electron chi connectivity index (χ2n) is 10.1. The molecule has 1 saturated heterocycles. The molecule has 2 aliphatic rings. The minimum atomic E-state index is -0.953. The molecule has 0 aromatic heterocycles. The number of hydrogen-bond donors (Lipinski definition) is 1. The fraction of sp³-hybridized carbons (Fsp3) is 0.483. The minimum Gasteiger partial charge on any atom is -0.496 e. The molecule has 1 heterocycles. The number of halogens is 2. The minimum absolute atomic E-state index is 0.00598. The van der Waals surface area contributed by atoms with E-state index in [1.807, 2.05) is 18.2 Å². The summed E-state index contributed by atoms with van der Waals surface area (Å²) in [5.74, 6) is -0.0831. The van der Waals surface area contributed by atoms with Crippen molar-refractivity contribution < 1.29 is 28.6 Å². The quantitative estimate of drug-likeness (QED) is 0.233. The third-order valence-electron chi connectivity index (χ3n) is 7.45. The Labute approximate surface area is 237 Å². The molecular weight excluding hydrogens is 543 g/mol. The Bertz CT molecular complexity index is 1190. The molecule has 39 heavy (non-hydrogen) atoms.